The Morgan fingerprint density at radius 1 is 1.27 bits per heavy atom. The van der Waals surface area contributed by atoms with Gasteiger partial charge in [-0.1, -0.05) is 0 Å². The molecule has 190 valence electrons. The first-order valence-corrected chi connectivity index (χ1v) is 12.4. The zero-order valence-corrected chi connectivity index (χ0v) is 20.9. The molecule has 0 aliphatic carbocycles. The Bertz CT molecular complexity index is 1600. The summed E-state index contributed by atoms with van der Waals surface area (Å²) < 4.78 is 48.0. The van der Waals surface area contributed by atoms with Gasteiger partial charge in [-0.25, -0.2) is 13.8 Å². The van der Waals surface area contributed by atoms with E-state index in [0.29, 0.717) is 17.6 Å². The number of halogens is 2. The fraction of sp³-hybridized carbons (Fsp3) is 0.360. The minimum atomic E-state index is -0.669. The van der Waals surface area contributed by atoms with Crippen molar-refractivity contribution in [3.8, 4) is 23.3 Å². The smallest absolute Gasteiger partial charge is 0.317 e. The van der Waals surface area contributed by atoms with Crippen LogP contribution in [-0.2, 0) is 22.7 Å². The maximum atomic E-state index is 16.3. The van der Waals surface area contributed by atoms with E-state index < -0.39 is 11.6 Å². The van der Waals surface area contributed by atoms with Crippen LogP contribution in [0.25, 0.3) is 32.2 Å². The highest BCUT2D eigenvalue weighted by Crippen LogP contribution is 2.45. The van der Waals surface area contributed by atoms with Gasteiger partial charge in [0.05, 0.1) is 41.5 Å². The van der Waals surface area contributed by atoms with E-state index in [2.05, 4.69) is 19.9 Å². The number of pyridine rings is 1. The number of anilines is 1. The van der Waals surface area contributed by atoms with E-state index in [4.69, 9.17) is 19.9 Å². The van der Waals surface area contributed by atoms with Gasteiger partial charge in [0.25, 0.3) is 0 Å². The van der Waals surface area contributed by atoms with Crippen LogP contribution < -0.4 is 10.5 Å². The second kappa shape index (κ2) is 9.11. The van der Waals surface area contributed by atoms with Gasteiger partial charge in [-0.3, -0.25) is 9.88 Å². The fourth-order valence-corrected chi connectivity index (χ4v) is 6.09. The van der Waals surface area contributed by atoms with Crippen LogP contribution in [0.15, 0.2) is 12.4 Å². The van der Waals surface area contributed by atoms with Crippen molar-refractivity contribution in [2.24, 2.45) is 0 Å². The number of nitriles is 1. The number of benzene rings is 1. The average Bonchev–Trinajstić information content (AvgIpc) is 3.61. The summed E-state index contributed by atoms with van der Waals surface area (Å²) in [6.07, 6.45) is 3.48. The van der Waals surface area contributed by atoms with Crippen molar-refractivity contribution in [1.82, 2.24) is 19.9 Å². The van der Waals surface area contributed by atoms with E-state index in [1.165, 1.54) is 6.20 Å². The first-order valence-electron chi connectivity index (χ1n) is 11.6. The lowest BCUT2D eigenvalue weighted by Crippen LogP contribution is -2.31. The molecule has 2 N–H and O–H groups in total. The predicted molar refractivity (Wildman–Crippen MR) is 133 cm³/mol. The van der Waals surface area contributed by atoms with Crippen LogP contribution in [-0.4, -0.2) is 59.3 Å². The molecule has 1 saturated heterocycles. The molecule has 1 fully saturated rings. The monoisotopic (exact) mass is 524 g/mol. The lowest BCUT2D eigenvalue weighted by Gasteiger charge is -2.18. The van der Waals surface area contributed by atoms with Gasteiger partial charge in [-0.15, -0.1) is 11.3 Å². The highest BCUT2D eigenvalue weighted by atomic mass is 32.1. The Kier molecular flexibility index (Phi) is 5.88. The third kappa shape index (κ3) is 3.77. The van der Waals surface area contributed by atoms with Crippen molar-refractivity contribution >= 4 is 37.3 Å². The number of fused-ring (bicyclic) bond motifs is 4. The number of aromatic nitrogens is 3. The number of ether oxygens (including phenoxy) is 3. The minimum Gasteiger partial charge on any atom is -0.462 e. The molecule has 0 amide bonds. The van der Waals surface area contributed by atoms with Crippen LogP contribution in [0, 0.1) is 23.0 Å². The van der Waals surface area contributed by atoms with E-state index in [1.807, 2.05) is 13.1 Å². The van der Waals surface area contributed by atoms with Crippen molar-refractivity contribution < 1.29 is 23.0 Å². The molecule has 0 bridgehead atoms. The van der Waals surface area contributed by atoms with Crippen LogP contribution in [0.2, 0.25) is 0 Å². The maximum Gasteiger partial charge on any atom is 0.317 e. The Labute approximate surface area is 214 Å². The molecule has 0 radical (unpaired) electrons. The molecule has 9 nitrogen and oxygen atoms in total. The molecule has 1 aromatic carbocycles. The highest BCUT2D eigenvalue weighted by Gasteiger charge is 2.32. The van der Waals surface area contributed by atoms with Crippen LogP contribution in [0.5, 0.6) is 6.01 Å². The average molecular weight is 525 g/mol. The number of likely N-dealkylation sites (N-methyl/N-ethyl adjacent to an activating group) is 1. The van der Waals surface area contributed by atoms with Crippen molar-refractivity contribution in [1.29, 1.82) is 5.26 Å². The summed E-state index contributed by atoms with van der Waals surface area (Å²) >= 11 is 0.933. The second-order valence-corrected chi connectivity index (χ2v) is 10.2. The summed E-state index contributed by atoms with van der Waals surface area (Å²) in [7, 11) is 3.68. The summed E-state index contributed by atoms with van der Waals surface area (Å²) in [6, 6.07) is 2.17. The van der Waals surface area contributed by atoms with Gasteiger partial charge < -0.3 is 19.9 Å². The molecule has 2 aliphatic heterocycles. The van der Waals surface area contributed by atoms with Crippen molar-refractivity contribution in [3.63, 3.8) is 0 Å². The molecule has 5 heterocycles. The molecule has 0 unspecified atom stereocenters. The van der Waals surface area contributed by atoms with Crippen LogP contribution >= 0.6 is 11.3 Å². The molecule has 37 heavy (non-hydrogen) atoms. The van der Waals surface area contributed by atoms with Crippen LogP contribution in [0.3, 0.4) is 0 Å². The Morgan fingerprint density at radius 2 is 2.08 bits per heavy atom. The van der Waals surface area contributed by atoms with Crippen LogP contribution in [0.4, 0.5) is 13.8 Å². The van der Waals surface area contributed by atoms with E-state index >= 15 is 4.39 Å². The SMILES string of the molecule is CO[C@@H]1C[C@@H](COc2ncc3c4c(c(-c5ncc(F)c6sc(N)c(C#N)c56)c(F)c3n2)COC4)N(C)C1. The normalized spacial score (nSPS) is 19.5. The van der Waals surface area contributed by atoms with E-state index in [0.717, 1.165) is 36.1 Å². The summed E-state index contributed by atoms with van der Waals surface area (Å²) in [4.78, 5) is 15.1. The third-order valence-corrected chi connectivity index (χ3v) is 8.14. The Balaban J connectivity index is 1.48. The molecule has 12 heteroatoms. The first-order chi connectivity index (χ1) is 17.9. The number of thiophene rings is 1. The molecule has 4 aromatic rings. The number of rotatable bonds is 5. The number of likely N-dealkylation sites (tertiary alicyclic amines) is 1. The molecule has 0 spiro atoms. The van der Waals surface area contributed by atoms with Gasteiger partial charge in [-0.05, 0) is 24.6 Å². The largest absolute Gasteiger partial charge is 0.462 e. The van der Waals surface area contributed by atoms with E-state index in [9.17, 15) is 9.65 Å². The second-order valence-electron chi connectivity index (χ2n) is 9.16. The lowest BCUT2D eigenvalue weighted by molar-refractivity contribution is 0.111. The first kappa shape index (κ1) is 23.9. The number of methoxy groups -OCH3 is 1. The van der Waals surface area contributed by atoms with Crippen molar-refractivity contribution in [3.05, 3.63) is 40.7 Å². The highest BCUT2D eigenvalue weighted by molar-refractivity contribution is 7.23. The Morgan fingerprint density at radius 3 is 2.84 bits per heavy atom. The summed E-state index contributed by atoms with van der Waals surface area (Å²) in [5.41, 5.74) is 7.62. The number of hydrogen-bond acceptors (Lipinski definition) is 10. The topological polar surface area (TPSA) is 119 Å². The zero-order chi connectivity index (χ0) is 25.8. The molecule has 0 saturated carbocycles. The van der Waals surface area contributed by atoms with E-state index in [-0.39, 0.29) is 68.8 Å². The van der Waals surface area contributed by atoms with Gasteiger partial charge in [0, 0.05) is 42.2 Å². The number of hydrogen-bond donors (Lipinski definition) is 1. The van der Waals surface area contributed by atoms with Gasteiger partial charge in [0.1, 0.15) is 23.2 Å². The summed E-state index contributed by atoms with van der Waals surface area (Å²) in [5, 5.41) is 10.5. The zero-order valence-electron chi connectivity index (χ0n) is 20.0. The lowest BCUT2D eigenvalue weighted by atomic mass is 9.94. The van der Waals surface area contributed by atoms with Gasteiger partial charge in [0.2, 0.25) is 0 Å². The van der Waals surface area contributed by atoms with Gasteiger partial charge in [-0.2, -0.15) is 10.2 Å². The third-order valence-electron chi connectivity index (χ3n) is 7.11. The summed E-state index contributed by atoms with van der Waals surface area (Å²) in [5.74, 6) is -1.30. The molecule has 3 aromatic heterocycles. The standard InChI is InChI=1S/C25H22F2N6O3S/c1-33-7-12(34-2)3-11(33)8-36-25-31-5-14-15-9-35-10-16(15)18(20(27)21(14)32-25)22-19-13(4-28)24(29)37-23(19)17(26)6-30-22/h5-6,11-12H,3,7-10,29H2,1-2H3/t11-,12+/m0/s1. The summed E-state index contributed by atoms with van der Waals surface area (Å²) in [6.45, 7) is 1.48. The fourth-order valence-electron chi connectivity index (χ4n) is 5.17. The molecule has 6 rings (SSSR count). The number of nitrogens with zero attached hydrogens (tertiary/aromatic N) is 5. The molecular formula is C25H22F2N6O3S. The molecule has 2 aliphatic rings. The quantitative estimate of drug-likeness (QED) is 0.416. The number of nitrogens with two attached hydrogens (primary N) is 1. The molecular weight excluding hydrogens is 502 g/mol. The number of nitrogen functional groups attached to an aromatic ring is 1. The van der Waals surface area contributed by atoms with Gasteiger partial charge >= 0.3 is 6.01 Å². The molecule has 2 atom stereocenters. The van der Waals surface area contributed by atoms with Gasteiger partial charge in [0.15, 0.2) is 11.6 Å². The minimum absolute atomic E-state index is 0.0415. The van der Waals surface area contributed by atoms with Crippen molar-refractivity contribution in [2.75, 3.05) is 33.0 Å². The van der Waals surface area contributed by atoms with Crippen molar-refractivity contribution in [2.45, 2.75) is 31.8 Å². The Hall–Kier alpha value is -3.50. The predicted octanol–water partition coefficient (Wildman–Crippen LogP) is 3.77. The van der Waals surface area contributed by atoms with E-state index in [1.54, 1.807) is 7.11 Å². The van der Waals surface area contributed by atoms with Crippen LogP contribution in [0.1, 0.15) is 23.1 Å². The maximum absolute atomic E-state index is 16.3.